The summed E-state index contributed by atoms with van der Waals surface area (Å²) in [5.74, 6) is 0. The number of nitrogens with one attached hydrogen (secondary N) is 1. The molecule has 2 heteroatoms. The Bertz CT molecular complexity index is 260. The number of piperazine rings is 1. The maximum Gasteiger partial charge on any atom is 0.0447 e. The fraction of sp³-hybridized carbons (Fsp3) is 0.455. The number of aryl methyl sites for hydroxylation is 1. The summed E-state index contributed by atoms with van der Waals surface area (Å²) in [5, 5.41) is 3.34. The third-order valence-electron chi connectivity index (χ3n) is 2.41. The zero-order valence-corrected chi connectivity index (χ0v) is 8.01. The van der Waals surface area contributed by atoms with Crippen molar-refractivity contribution < 1.29 is 0 Å². The quantitative estimate of drug-likeness (QED) is 0.690. The van der Waals surface area contributed by atoms with E-state index in [1.807, 2.05) is 0 Å². The van der Waals surface area contributed by atoms with Crippen LogP contribution >= 0.6 is 0 Å². The highest BCUT2D eigenvalue weighted by Gasteiger charge is 2.09. The van der Waals surface area contributed by atoms with Gasteiger partial charge in [-0.3, -0.25) is 0 Å². The minimum absolute atomic E-state index is 1.09. The monoisotopic (exact) mass is 175 g/mol. The van der Waals surface area contributed by atoms with Crippen molar-refractivity contribution in [3.63, 3.8) is 0 Å². The zero-order valence-electron chi connectivity index (χ0n) is 8.01. The average molecular weight is 175 g/mol. The Morgan fingerprint density at radius 2 is 2.08 bits per heavy atom. The largest absolute Gasteiger partial charge is 0.368 e. The molecule has 0 aliphatic carbocycles. The molecular weight excluding hydrogens is 160 g/mol. The number of hydrogen-bond donors (Lipinski definition) is 1. The van der Waals surface area contributed by atoms with E-state index in [4.69, 9.17) is 0 Å². The standard InChI is InChI=1S/C11H15N2/c1-10-2-4-11(5-3-10)13-8-6-12-7-9-13/h2-4,12H,6-9H2,1H3. The lowest BCUT2D eigenvalue weighted by molar-refractivity contribution is 0.589. The topological polar surface area (TPSA) is 15.3 Å². The molecule has 0 unspecified atom stereocenters. The molecule has 0 atom stereocenters. The molecule has 1 aliphatic heterocycles. The summed E-state index contributed by atoms with van der Waals surface area (Å²) >= 11 is 0. The highest BCUT2D eigenvalue weighted by atomic mass is 15.2. The van der Waals surface area contributed by atoms with Crippen LogP contribution in [-0.4, -0.2) is 26.2 Å². The number of benzene rings is 1. The number of anilines is 1. The molecule has 2 nitrogen and oxygen atoms in total. The van der Waals surface area contributed by atoms with E-state index in [-0.39, 0.29) is 0 Å². The van der Waals surface area contributed by atoms with E-state index in [2.05, 4.69) is 41.4 Å². The molecule has 1 aromatic carbocycles. The first-order valence-electron chi connectivity index (χ1n) is 4.80. The van der Waals surface area contributed by atoms with Crippen LogP contribution < -0.4 is 10.2 Å². The number of nitrogens with zero attached hydrogens (tertiary/aromatic N) is 1. The molecule has 0 spiro atoms. The van der Waals surface area contributed by atoms with Gasteiger partial charge in [0.05, 0.1) is 0 Å². The maximum absolute atomic E-state index is 3.34. The molecule has 1 radical (unpaired) electrons. The second kappa shape index (κ2) is 3.79. The summed E-state index contributed by atoms with van der Waals surface area (Å²) in [4.78, 5) is 2.37. The van der Waals surface area contributed by atoms with Gasteiger partial charge in [0.15, 0.2) is 0 Å². The molecule has 0 saturated carbocycles. The van der Waals surface area contributed by atoms with E-state index in [9.17, 15) is 0 Å². The molecule has 69 valence electrons. The zero-order chi connectivity index (χ0) is 9.10. The minimum atomic E-state index is 1.09. The van der Waals surface area contributed by atoms with Gasteiger partial charge >= 0.3 is 0 Å². The Balaban J connectivity index is 2.10. The Hall–Kier alpha value is -1.02. The van der Waals surface area contributed by atoms with Gasteiger partial charge in [-0.25, -0.2) is 0 Å². The van der Waals surface area contributed by atoms with Crippen molar-refractivity contribution in [1.82, 2.24) is 5.32 Å². The van der Waals surface area contributed by atoms with E-state index in [0.717, 1.165) is 26.2 Å². The van der Waals surface area contributed by atoms with Crippen molar-refractivity contribution in [3.8, 4) is 0 Å². The molecule has 13 heavy (non-hydrogen) atoms. The third-order valence-corrected chi connectivity index (χ3v) is 2.41. The van der Waals surface area contributed by atoms with Crippen LogP contribution in [0.4, 0.5) is 5.69 Å². The Labute approximate surface area is 79.6 Å². The Kier molecular flexibility index (Phi) is 2.50. The van der Waals surface area contributed by atoms with E-state index in [1.54, 1.807) is 0 Å². The van der Waals surface area contributed by atoms with Crippen LogP contribution in [0.3, 0.4) is 0 Å². The summed E-state index contributed by atoms with van der Waals surface area (Å²) in [5.41, 5.74) is 2.51. The molecule has 1 heterocycles. The third kappa shape index (κ3) is 2.01. The molecule has 1 N–H and O–H groups in total. The van der Waals surface area contributed by atoms with Crippen molar-refractivity contribution in [3.05, 3.63) is 29.8 Å². The van der Waals surface area contributed by atoms with Crippen LogP contribution in [-0.2, 0) is 0 Å². The van der Waals surface area contributed by atoms with Gasteiger partial charge in [0.25, 0.3) is 0 Å². The molecule has 1 saturated heterocycles. The summed E-state index contributed by atoms with van der Waals surface area (Å²) in [6.07, 6.45) is 0. The second-order valence-electron chi connectivity index (χ2n) is 3.49. The summed E-state index contributed by atoms with van der Waals surface area (Å²) in [6, 6.07) is 9.66. The van der Waals surface area contributed by atoms with Gasteiger partial charge in [0.1, 0.15) is 0 Å². The lowest BCUT2D eigenvalue weighted by Crippen LogP contribution is -2.43. The normalized spacial score (nSPS) is 17.5. The first-order valence-corrected chi connectivity index (χ1v) is 4.80. The highest BCUT2D eigenvalue weighted by Crippen LogP contribution is 2.14. The van der Waals surface area contributed by atoms with Gasteiger partial charge in [0.2, 0.25) is 0 Å². The summed E-state index contributed by atoms with van der Waals surface area (Å²) in [7, 11) is 0. The van der Waals surface area contributed by atoms with E-state index < -0.39 is 0 Å². The van der Waals surface area contributed by atoms with Crippen LogP contribution in [0.25, 0.3) is 0 Å². The van der Waals surface area contributed by atoms with Gasteiger partial charge in [-0.2, -0.15) is 0 Å². The first-order chi connectivity index (χ1) is 6.36. The molecule has 0 amide bonds. The molecule has 1 aliphatic rings. The van der Waals surface area contributed by atoms with E-state index >= 15 is 0 Å². The van der Waals surface area contributed by atoms with E-state index in [0.29, 0.717) is 0 Å². The maximum atomic E-state index is 3.34. The summed E-state index contributed by atoms with van der Waals surface area (Å²) < 4.78 is 0. The van der Waals surface area contributed by atoms with Crippen LogP contribution in [0.2, 0.25) is 0 Å². The van der Waals surface area contributed by atoms with Gasteiger partial charge < -0.3 is 10.2 Å². The van der Waals surface area contributed by atoms with Crippen molar-refractivity contribution in [2.24, 2.45) is 0 Å². The lowest BCUT2D eigenvalue weighted by Gasteiger charge is -2.29. The smallest absolute Gasteiger partial charge is 0.0447 e. The van der Waals surface area contributed by atoms with Crippen molar-refractivity contribution in [1.29, 1.82) is 0 Å². The molecular formula is C11H15N2. The SMILES string of the molecule is Cc1c[c]c(N2CCNCC2)cc1. The molecule has 1 fully saturated rings. The Morgan fingerprint density at radius 1 is 1.31 bits per heavy atom. The van der Waals surface area contributed by atoms with Crippen LogP contribution in [0.15, 0.2) is 18.2 Å². The number of hydrogen-bond acceptors (Lipinski definition) is 2. The lowest BCUT2D eigenvalue weighted by atomic mass is 10.2. The second-order valence-corrected chi connectivity index (χ2v) is 3.49. The minimum Gasteiger partial charge on any atom is -0.368 e. The molecule has 1 aromatic rings. The van der Waals surface area contributed by atoms with Crippen molar-refractivity contribution >= 4 is 5.69 Å². The van der Waals surface area contributed by atoms with Crippen molar-refractivity contribution in [2.45, 2.75) is 6.92 Å². The van der Waals surface area contributed by atoms with Crippen LogP contribution in [0, 0.1) is 13.0 Å². The van der Waals surface area contributed by atoms with Gasteiger partial charge in [-0.1, -0.05) is 11.6 Å². The first kappa shape index (κ1) is 8.57. The van der Waals surface area contributed by atoms with Crippen LogP contribution in [0.1, 0.15) is 5.56 Å². The van der Waals surface area contributed by atoms with Crippen molar-refractivity contribution in [2.75, 3.05) is 31.1 Å². The predicted octanol–water partition coefficient (Wildman–Crippen LogP) is 1.20. The summed E-state index contributed by atoms with van der Waals surface area (Å²) in [6.45, 7) is 6.46. The van der Waals surface area contributed by atoms with E-state index in [1.165, 1.54) is 11.3 Å². The highest BCUT2D eigenvalue weighted by molar-refractivity contribution is 5.46. The van der Waals surface area contributed by atoms with Crippen LogP contribution in [0.5, 0.6) is 0 Å². The number of rotatable bonds is 1. The van der Waals surface area contributed by atoms with Gasteiger partial charge in [-0.05, 0) is 19.1 Å². The molecule has 0 aromatic heterocycles. The fourth-order valence-electron chi connectivity index (χ4n) is 1.60. The average Bonchev–Trinajstić information content (AvgIpc) is 2.20. The molecule has 0 bridgehead atoms. The van der Waals surface area contributed by atoms with Gasteiger partial charge in [0, 0.05) is 37.9 Å². The Morgan fingerprint density at radius 3 is 2.69 bits per heavy atom. The van der Waals surface area contributed by atoms with Gasteiger partial charge in [-0.15, -0.1) is 0 Å². The predicted molar refractivity (Wildman–Crippen MR) is 55.1 cm³/mol. The molecule has 2 rings (SSSR count). The fourth-order valence-corrected chi connectivity index (χ4v) is 1.60.